The van der Waals surface area contributed by atoms with Crippen molar-refractivity contribution >= 4 is 55.3 Å². The van der Waals surface area contributed by atoms with Crippen molar-refractivity contribution in [3.63, 3.8) is 0 Å². The molecular weight excluding hydrogens is 632 g/mol. The Bertz CT molecular complexity index is 1290. The highest BCUT2D eigenvalue weighted by atomic mass is 79.9. The first-order valence-electron chi connectivity index (χ1n) is 12.3. The van der Waals surface area contributed by atoms with Crippen molar-refractivity contribution in [1.82, 2.24) is 14.9 Å². The van der Waals surface area contributed by atoms with Crippen LogP contribution >= 0.6 is 31.9 Å². The van der Waals surface area contributed by atoms with E-state index in [1.807, 2.05) is 54.6 Å². The number of halogens is 2. The van der Waals surface area contributed by atoms with Gasteiger partial charge in [-0.05, 0) is 39.2 Å². The predicted molar refractivity (Wildman–Crippen MR) is 155 cm³/mol. The van der Waals surface area contributed by atoms with E-state index in [4.69, 9.17) is 9.47 Å². The Kier molecular flexibility index (Phi) is 11.4. The average molecular weight is 662 g/mol. The Morgan fingerprint density at radius 3 is 2.36 bits per heavy atom. The monoisotopic (exact) mass is 660 g/mol. The topological polar surface area (TPSA) is 111 Å². The van der Waals surface area contributed by atoms with Gasteiger partial charge in [-0.3, -0.25) is 9.59 Å². The van der Waals surface area contributed by atoms with Crippen LogP contribution in [0.25, 0.3) is 0 Å². The number of hydrogen-bond donors (Lipinski definition) is 1. The Morgan fingerprint density at radius 2 is 1.72 bits per heavy atom. The minimum Gasteiger partial charge on any atom is -0.497 e. The van der Waals surface area contributed by atoms with Crippen LogP contribution in [0.1, 0.15) is 40.7 Å². The second kappa shape index (κ2) is 14.7. The molecule has 0 spiro atoms. The molecule has 0 fully saturated rings. The fourth-order valence-electron chi connectivity index (χ4n) is 3.47. The van der Waals surface area contributed by atoms with Gasteiger partial charge in [0.05, 0.1) is 12.8 Å². The molecule has 0 saturated heterocycles. The van der Waals surface area contributed by atoms with Gasteiger partial charge >= 0.3 is 6.09 Å². The van der Waals surface area contributed by atoms with Crippen LogP contribution in [0.4, 0.5) is 10.6 Å². The van der Waals surface area contributed by atoms with E-state index < -0.39 is 16.7 Å². The summed E-state index contributed by atoms with van der Waals surface area (Å²) in [6.45, 7) is 2.54. The number of nitrogens with one attached hydrogen (secondary N) is 1. The standard InChI is InChI=1S/C28H30Br2N4O5/c1-4-22(35)23(29)25(36)24-27(31-16-18-10-12-20(38-3)13-11-18)32-21(26(30)33-24)14-15-34(2)28(37)39-17-19-8-6-5-7-9-19/h5-13,23H,4,14-17H2,1-3H3,(H,31,32). The molecule has 9 nitrogen and oxygen atoms in total. The van der Waals surface area contributed by atoms with E-state index in [1.165, 1.54) is 4.90 Å². The summed E-state index contributed by atoms with van der Waals surface area (Å²) in [7, 11) is 3.24. The number of ether oxygens (including phenoxy) is 2. The third-order valence-electron chi connectivity index (χ3n) is 5.83. The van der Waals surface area contributed by atoms with Crippen LogP contribution < -0.4 is 10.1 Å². The molecule has 0 saturated carbocycles. The van der Waals surface area contributed by atoms with Crippen molar-refractivity contribution < 1.29 is 23.9 Å². The van der Waals surface area contributed by atoms with Crippen molar-refractivity contribution in [1.29, 1.82) is 0 Å². The van der Waals surface area contributed by atoms with Crippen LogP contribution in [-0.2, 0) is 29.1 Å². The summed E-state index contributed by atoms with van der Waals surface area (Å²) in [5.41, 5.74) is 2.41. The number of carbonyl (C=O) groups is 3. The average Bonchev–Trinajstić information content (AvgIpc) is 2.97. The van der Waals surface area contributed by atoms with Crippen LogP contribution in [0.15, 0.2) is 59.2 Å². The molecular formula is C28H30Br2N4O5. The lowest BCUT2D eigenvalue weighted by Gasteiger charge is -2.18. The first-order chi connectivity index (χ1) is 18.7. The Morgan fingerprint density at radius 1 is 1.03 bits per heavy atom. The number of methoxy groups -OCH3 is 1. The lowest BCUT2D eigenvalue weighted by molar-refractivity contribution is -0.117. The van der Waals surface area contributed by atoms with Gasteiger partial charge < -0.3 is 19.7 Å². The number of alkyl halides is 1. The van der Waals surface area contributed by atoms with Crippen molar-refractivity contribution in [2.45, 2.75) is 37.7 Å². The fourth-order valence-corrected chi connectivity index (χ4v) is 4.48. The summed E-state index contributed by atoms with van der Waals surface area (Å²) in [5, 5.41) is 3.18. The molecule has 0 aliphatic carbocycles. The molecule has 1 unspecified atom stereocenters. The number of hydrogen-bond acceptors (Lipinski definition) is 8. The number of nitrogens with zero attached hydrogens (tertiary/aromatic N) is 3. The van der Waals surface area contributed by atoms with E-state index in [9.17, 15) is 14.4 Å². The molecule has 11 heteroatoms. The quantitative estimate of drug-likeness (QED) is 0.143. The normalized spacial score (nSPS) is 11.4. The van der Waals surface area contributed by atoms with Crippen molar-refractivity contribution in [2.24, 2.45) is 0 Å². The van der Waals surface area contributed by atoms with Gasteiger partial charge in [-0.15, -0.1) is 0 Å². The van der Waals surface area contributed by atoms with Crippen molar-refractivity contribution in [3.05, 3.63) is 81.7 Å². The second-order valence-corrected chi connectivity index (χ2v) is 10.3. The molecule has 1 aromatic heterocycles. The number of likely N-dealkylation sites (N-methyl/N-ethyl adjacent to an activating group) is 1. The van der Waals surface area contributed by atoms with Gasteiger partial charge in [-0.1, -0.05) is 65.3 Å². The summed E-state index contributed by atoms with van der Waals surface area (Å²) >= 11 is 6.62. The molecule has 1 amide bonds. The number of benzene rings is 2. The zero-order chi connectivity index (χ0) is 28.4. The van der Waals surface area contributed by atoms with Crippen LogP contribution in [0, 0.1) is 0 Å². The van der Waals surface area contributed by atoms with Crippen LogP contribution in [0.3, 0.4) is 0 Å². The maximum absolute atomic E-state index is 13.2. The molecule has 0 radical (unpaired) electrons. The molecule has 3 aromatic rings. The third kappa shape index (κ3) is 8.59. The Labute approximate surface area is 244 Å². The molecule has 39 heavy (non-hydrogen) atoms. The fraction of sp³-hybridized carbons (Fsp3) is 0.321. The molecule has 2 aromatic carbocycles. The van der Waals surface area contributed by atoms with E-state index in [1.54, 1.807) is 21.1 Å². The van der Waals surface area contributed by atoms with Gasteiger partial charge in [0.1, 0.15) is 21.8 Å². The molecule has 0 aliphatic rings. The minimum absolute atomic E-state index is 0.0402. The summed E-state index contributed by atoms with van der Waals surface area (Å²) in [6.07, 6.45) is 0.0881. The molecule has 1 atom stereocenters. The number of aromatic nitrogens is 2. The van der Waals surface area contributed by atoms with E-state index in [0.717, 1.165) is 16.9 Å². The lowest BCUT2D eigenvalue weighted by atomic mass is 10.1. The van der Waals surface area contributed by atoms with Crippen molar-refractivity contribution in [2.75, 3.05) is 26.0 Å². The van der Waals surface area contributed by atoms with Gasteiger partial charge in [0.15, 0.2) is 17.3 Å². The summed E-state index contributed by atoms with van der Waals surface area (Å²) in [5.74, 6) is 0.239. The van der Waals surface area contributed by atoms with E-state index in [0.29, 0.717) is 29.8 Å². The van der Waals surface area contributed by atoms with Gasteiger partial charge in [-0.25, -0.2) is 14.8 Å². The second-order valence-electron chi connectivity index (χ2n) is 8.62. The number of anilines is 1. The van der Waals surface area contributed by atoms with Gasteiger partial charge in [-0.2, -0.15) is 0 Å². The number of amides is 1. The molecule has 0 aliphatic heterocycles. The molecule has 1 heterocycles. The number of rotatable bonds is 13. The molecule has 206 valence electrons. The first-order valence-corrected chi connectivity index (χ1v) is 14.0. The third-order valence-corrected chi connectivity index (χ3v) is 7.40. The highest BCUT2D eigenvalue weighted by Crippen LogP contribution is 2.24. The van der Waals surface area contributed by atoms with E-state index in [-0.39, 0.29) is 30.3 Å². The highest BCUT2D eigenvalue weighted by molar-refractivity contribution is 9.10. The van der Waals surface area contributed by atoms with Gasteiger partial charge in [0.2, 0.25) is 5.78 Å². The van der Waals surface area contributed by atoms with Gasteiger partial charge in [0.25, 0.3) is 0 Å². The maximum atomic E-state index is 13.2. The van der Waals surface area contributed by atoms with Crippen LogP contribution in [0.2, 0.25) is 0 Å². The summed E-state index contributed by atoms with van der Waals surface area (Å²) in [6, 6.07) is 16.9. The van der Waals surface area contributed by atoms with Crippen LogP contribution in [0.5, 0.6) is 5.75 Å². The van der Waals surface area contributed by atoms with Crippen molar-refractivity contribution in [3.8, 4) is 5.75 Å². The van der Waals surface area contributed by atoms with E-state index in [2.05, 4.69) is 47.1 Å². The largest absolute Gasteiger partial charge is 0.497 e. The van der Waals surface area contributed by atoms with E-state index >= 15 is 0 Å². The zero-order valence-electron chi connectivity index (χ0n) is 21.9. The molecule has 0 bridgehead atoms. The SMILES string of the molecule is CCC(=O)C(Br)C(=O)c1nc(Br)c(CCN(C)C(=O)OCc2ccccc2)nc1NCc1ccc(OC)cc1. The molecule has 1 N–H and O–H groups in total. The summed E-state index contributed by atoms with van der Waals surface area (Å²) < 4.78 is 10.9. The number of ketones is 2. The number of carbonyl (C=O) groups excluding carboxylic acids is 3. The zero-order valence-corrected chi connectivity index (χ0v) is 25.1. The van der Waals surface area contributed by atoms with Crippen LogP contribution in [-0.4, -0.2) is 58.1 Å². The Balaban J connectivity index is 1.76. The lowest BCUT2D eigenvalue weighted by Crippen LogP contribution is -2.30. The predicted octanol–water partition coefficient (Wildman–Crippen LogP) is 5.60. The molecule has 3 rings (SSSR count). The van der Waals surface area contributed by atoms with Gasteiger partial charge in [0, 0.05) is 33.0 Å². The summed E-state index contributed by atoms with van der Waals surface area (Å²) in [4.78, 5) is 47.4. The smallest absolute Gasteiger partial charge is 0.409 e. The minimum atomic E-state index is -1.03. The number of Topliss-reactive ketones (excluding diaryl/α,β-unsaturated/α-hetero) is 2. The highest BCUT2D eigenvalue weighted by Gasteiger charge is 2.28. The maximum Gasteiger partial charge on any atom is 0.409 e. The Hall–Kier alpha value is -3.31. The first kappa shape index (κ1) is 30.2.